The Bertz CT molecular complexity index is 795. The number of aromatic hydroxyl groups is 1. The molecule has 0 aliphatic heterocycles. The van der Waals surface area contributed by atoms with Gasteiger partial charge in [0.25, 0.3) is 0 Å². The fraction of sp³-hybridized carbons (Fsp3) is 0.316. The van der Waals surface area contributed by atoms with Crippen molar-refractivity contribution in [2.75, 3.05) is 0 Å². The number of ether oxygens (including phenoxy) is 1. The highest BCUT2D eigenvalue weighted by molar-refractivity contribution is 5.73. The van der Waals surface area contributed by atoms with Crippen LogP contribution in [0.25, 0.3) is 0 Å². The summed E-state index contributed by atoms with van der Waals surface area (Å²) in [5.41, 5.74) is 4.38. The number of carbonyl (C=O) groups is 1. The summed E-state index contributed by atoms with van der Waals surface area (Å²) < 4.78 is 6.71. The molecule has 0 atom stereocenters. The molecule has 0 radical (unpaired) electrons. The Morgan fingerprint density at radius 3 is 2.83 bits per heavy atom. The van der Waals surface area contributed by atoms with E-state index in [-0.39, 0.29) is 5.75 Å². The molecule has 0 saturated heterocycles. The molecule has 5 nitrogen and oxygen atoms in total. The minimum absolute atomic E-state index is 0.264. The quantitative estimate of drug-likeness (QED) is 0.821. The molecular formula is C19H22N2O3. The lowest BCUT2D eigenvalue weighted by Crippen LogP contribution is -2.22. The van der Waals surface area contributed by atoms with Crippen LogP contribution in [0.3, 0.4) is 0 Å². The number of phenols is 1. The average molecular weight is 326 g/mol. The van der Waals surface area contributed by atoms with E-state index in [0.29, 0.717) is 18.6 Å². The molecule has 126 valence electrons. The molecule has 24 heavy (non-hydrogen) atoms. The summed E-state index contributed by atoms with van der Waals surface area (Å²) >= 11 is 0. The highest BCUT2D eigenvalue weighted by atomic mass is 16.6. The number of aromatic amines is 1. The van der Waals surface area contributed by atoms with Crippen molar-refractivity contribution in [2.24, 2.45) is 0 Å². The summed E-state index contributed by atoms with van der Waals surface area (Å²) in [7, 11) is 0. The Morgan fingerprint density at radius 2 is 2.17 bits per heavy atom. The standard InChI is InChI=1S/C19H22N2O3/c1-13(2)4-3-5-14-6-7-15-16(12-14)17(22)8-9-18(15)24-19(23)21-11-10-20-21/h4,6,8-11,20,22H,3,5,7,12H2,1-2H3. The molecule has 1 aromatic heterocycles. The van der Waals surface area contributed by atoms with Crippen molar-refractivity contribution >= 4 is 6.09 Å². The van der Waals surface area contributed by atoms with Gasteiger partial charge in [0.1, 0.15) is 11.5 Å². The molecule has 1 aromatic carbocycles. The van der Waals surface area contributed by atoms with Crippen LogP contribution in [0.4, 0.5) is 4.79 Å². The molecule has 0 saturated carbocycles. The molecule has 0 amide bonds. The summed E-state index contributed by atoms with van der Waals surface area (Å²) in [5, 5.41) is 12.9. The van der Waals surface area contributed by atoms with Crippen molar-refractivity contribution in [3.05, 3.63) is 59.0 Å². The van der Waals surface area contributed by atoms with Gasteiger partial charge in [-0.15, -0.1) is 0 Å². The number of nitrogens with zero attached hydrogens (tertiary/aromatic N) is 1. The molecule has 2 aromatic rings. The van der Waals surface area contributed by atoms with Crippen molar-refractivity contribution in [3.63, 3.8) is 0 Å². The zero-order chi connectivity index (χ0) is 17.1. The highest BCUT2D eigenvalue weighted by Gasteiger charge is 2.20. The Morgan fingerprint density at radius 1 is 1.38 bits per heavy atom. The van der Waals surface area contributed by atoms with Gasteiger partial charge < -0.3 is 9.84 Å². The zero-order valence-corrected chi connectivity index (χ0v) is 14.0. The van der Waals surface area contributed by atoms with Crippen LogP contribution in [-0.4, -0.2) is 21.0 Å². The smallest absolute Gasteiger partial charge is 0.438 e. The second-order valence-corrected chi connectivity index (χ2v) is 6.29. The van der Waals surface area contributed by atoms with Gasteiger partial charge in [0.15, 0.2) is 0 Å². The van der Waals surface area contributed by atoms with Crippen molar-refractivity contribution in [3.8, 4) is 11.5 Å². The van der Waals surface area contributed by atoms with Gasteiger partial charge in [-0.25, -0.2) is 4.79 Å². The number of fused-ring (bicyclic) bond motifs is 1. The number of aromatic nitrogens is 2. The minimum atomic E-state index is -0.483. The first kappa shape index (κ1) is 16.2. The maximum absolute atomic E-state index is 11.9. The molecule has 0 fully saturated rings. The minimum Gasteiger partial charge on any atom is -0.508 e. The first-order chi connectivity index (χ1) is 11.5. The van der Waals surface area contributed by atoms with Crippen LogP contribution in [0.1, 0.15) is 37.8 Å². The molecule has 0 spiro atoms. The summed E-state index contributed by atoms with van der Waals surface area (Å²) in [6.07, 6.45) is 10.5. The molecule has 3 rings (SSSR count). The van der Waals surface area contributed by atoms with E-state index in [9.17, 15) is 9.90 Å². The van der Waals surface area contributed by atoms with Crippen molar-refractivity contribution in [2.45, 2.75) is 39.5 Å². The van der Waals surface area contributed by atoms with Gasteiger partial charge >= 0.3 is 6.09 Å². The second kappa shape index (κ2) is 6.83. The highest BCUT2D eigenvalue weighted by Crippen LogP contribution is 2.36. The molecule has 2 N–H and O–H groups in total. The molecule has 5 heteroatoms. The third kappa shape index (κ3) is 3.45. The van der Waals surface area contributed by atoms with Crippen LogP contribution >= 0.6 is 0 Å². The predicted molar refractivity (Wildman–Crippen MR) is 92.5 cm³/mol. The van der Waals surface area contributed by atoms with Gasteiger partial charge in [0, 0.05) is 17.3 Å². The number of nitrogens with one attached hydrogen (secondary N) is 1. The predicted octanol–water partition coefficient (Wildman–Crippen LogP) is 4.34. The average Bonchev–Trinajstić information content (AvgIpc) is 2.48. The van der Waals surface area contributed by atoms with Crippen LogP contribution < -0.4 is 4.74 Å². The van der Waals surface area contributed by atoms with E-state index in [1.54, 1.807) is 24.5 Å². The lowest BCUT2D eigenvalue weighted by atomic mass is 9.88. The van der Waals surface area contributed by atoms with Crippen LogP contribution in [-0.2, 0) is 12.8 Å². The number of hydrogen-bond donors (Lipinski definition) is 2. The van der Waals surface area contributed by atoms with E-state index in [2.05, 4.69) is 31.1 Å². The Kier molecular flexibility index (Phi) is 4.60. The molecule has 1 aliphatic carbocycles. The van der Waals surface area contributed by atoms with E-state index >= 15 is 0 Å². The van der Waals surface area contributed by atoms with Crippen molar-refractivity contribution in [1.29, 1.82) is 0 Å². The fourth-order valence-electron chi connectivity index (χ4n) is 2.86. The monoisotopic (exact) mass is 326 g/mol. The molecule has 0 bridgehead atoms. The third-order valence-corrected chi connectivity index (χ3v) is 4.21. The Hall–Kier alpha value is -2.69. The summed E-state index contributed by atoms with van der Waals surface area (Å²) in [5.74, 6) is 0.772. The van der Waals surface area contributed by atoms with Gasteiger partial charge in [-0.2, -0.15) is 4.68 Å². The van der Waals surface area contributed by atoms with Crippen LogP contribution in [0.5, 0.6) is 11.5 Å². The number of hydrogen-bond acceptors (Lipinski definition) is 3. The summed E-state index contributed by atoms with van der Waals surface area (Å²) in [4.78, 5) is 11.9. The first-order valence-electron chi connectivity index (χ1n) is 8.13. The number of allylic oxidation sites excluding steroid dienone is 4. The van der Waals surface area contributed by atoms with Crippen molar-refractivity contribution < 1.29 is 14.6 Å². The zero-order valence-electron chi connectivity index (χ0n) is 14.0. The van der Waals surface area contributed by atoms with Gasteiger partial charge in [-0.1, -0.05) is 23.3 Å². The second-order valence-electron chi connectivity index (χ2n) is 6.29. The van der Waals surface area contributed by atoms with E-state index in [4.69, 9.17) is 4.74 Å². The normalized spacial score (nSPS) is 13.2. The topological polar surface area (TPSA) is 67.2 Å². The lowest BCUT2D eigenvalue weighted by molar-refractivity contribution is 0.196. The van der Waals surface area contributed by atoms with E-state index in [0.717, 1.165) is 24.0 Å². The SMILES string of the molecule is CC(C)=CCCC1=CCc2c(OC(=O)n3cc[nH]3)ccc(O)c2C1. The largest absolute Gasteiger partial charge is 0.508 e. The van der Waals surface area contributed by atoms with Crippen LogP contribution in [0.15, 0.2) is 47.8 Å². The molecular weight excluding hydrogens is 304 g/mol. The Labute approximate surface area is 141 Å². The number of carbonyl (C=O) groups excluding carboxylic acids is 1. The molecule has 1 heterocycles. The van der Waals surface area contributed by atoms with Crippen LogP contribution in [0.2, 0.25) is 0 Å². The summed E-state index contributed by atoms with van der Waals surface area (Å²) in [6, 6.07) is 3.25. The fourth-order valence-corrected chi connectivity index (χ4v) is 2.86. The van der Waals surface area contributed by atoms with E-state index in [1.807, 2.05) is 0 Å². The number of rotatable bonds is 4. The number of H-pyrrole nitrogens is 1. The first-order valence-corrected chi connectivity index (χ1v) is 8.13. The number of benzene rings is 1. The van der Waals surface area contributed by atoms with E-state index in [1.165, 1.54) is 15.8 Å². The maximum Gasteiger partial charge on any atom is 0.438 e. The molecule has 1 aliphatic rings. The summed E-state index contributed by atoms with van der Waals surface area (Å²) in [6.45, 7) is 4.19. The van der Waals surface area contributed by atoms with Gasteiger partial charge in [-0.05, 0) is 51.7 Å². The van der Waals surface area contributed by atoms with Gasteiger partial charge in [-0.3, -0.25) is 5.10 Å². The maximum atomic E-state index is 11.9. The number of phenolic OH excluding ortho intramolecular Hbond substituents is 1. The van der Waals surface area contributed by atoms with Crippen molar-refractivity contribution in [1.82, 2.24) is 9.78 Å². The Balaban J connectivity index is 1.76. The lowest BCUT2D eigenvalue weighted by Gasteiger charge is -2.21. The third-order valence-electron chi connectivity index (χ3n) is 4.21. The molecule has 0 unspecified atom stereocenters. The van der Waals surface area contributed by atoms with Gasteiger partial charge in [0.05, 0.1) is 6.20 Å². The van der Waals surface area contributed by atoms with Crippen LogP contribution in [0, 0.1) is 0 Å². The van der Waals surface area contributed by atoms with E-state index < -0.39 is 6.09 Å². The van der Waals surface area contributed by atoms with Gasteiger partial charge in [0.2, 0.25) is 0 Å².